The molecule has 30 heavy (non-hydrogen) atoms. The predicted molar refractivity (Wildman–Crippen MR) is 136 cm³/mol. The van der Waals surface area contributed by atoms with E-state index in [4.69, 9.17) is 9.47 Å². The third-order valence-electron chi connectivity index (χ3n) is 3.58. The van der Waals surface area contributed by atoms with Crippen molar-refractivity contribution in [1.29, 1.82) is 0 Å². The van der Waals surface area contributed by atoms with Crippen molar-refractivity contribution in [2.45, 2.75) is 80.4 Å². The van der Waals surface area contributed by atoms with E-state index >= 15 is 0 Å². The fraction of sp³-hybridized carbons (Fsp3) is 0.560. The van der Waals surface area contributed by atoms with E-state index in [1.165, 1.54) is 6.42 Å². The second-order valence-corrected chi connectivity index (χ2v) is 8.00. The number of aryl methyl sites for hydroxylation is 2. The molecule has 1 saturated heterocycles. The molecule has 1 atom stereocenters. The van der Waals surface area contributed by atoms with Gasteiger partial charge in [0.2, 0.25) is 0 Å². The van der Waals surface area contributed by atoms with Crippen LogP contribution in [0.5, 0.6) is 0 Å². The van der Waals surface area contributed by atoms with Crippen LogP contribution in [0, 0.1) is 6.92 Å². The SMILES string of the molecule is C=C(/C=C\C(=C/C)OC1CCCCO1)c1cc(C)n(C)n1.C=C(C)Br.CC.CCC. The monoisotopic (exact) mass is 482 g/mol. The zero-order valence-electron chi connectivity index (χ0n) is 20.4. The maximum Gasteiger partial charge on any atom is 0.199 e. The summed E-state index contributed by atoms with van der Waals surface area (Å²) in [5.41, 5.74) is 2.86. The van der Waals surface area contributed by atoms with E-state index in [1.54, 1.807) is 0 Å². The Morgan fingerprint density at radius 1 is 1.30 bits per heavy atom. The lowest BCUT2D eigenvalue weighted by atomic mass is 10.2. The number of ether oxygens (including phenoxy) is 2. The maximum atomic E-state index is 5.84. The molecule has 0 amide bonds. The van der Waals surface area contributed by atoms with E-state index < -0.39 is 0 Å². The zero-order valence-corrected chi connectivity index (χ0v) is 22.0. The molecule has 0 saturated carbocycles. The summed E-state index contributed by atoms with van der Waals surface area (Å²) >= 11 is 3.08. The van der Waals surface area contributed by atoms with Crippen LogP contribution in [0.4, 0.5) is 0 Å². The molecule has 1 fully saturated rings. The van der Waals surface area contributed by atoms with Gasteiger partial charge in [-0.15, -0.1) is 0 Å². The van der Waals surface area contributed by atoms with Crippen LogP contribution in [0.25, 0.3) is 5.57 Å². The molecule has 0 bridgehead atoms. The highest BCUT2D eigenvalue weighted by Crippen LogP contribution is 2.19. The molecule has 0 aromatic carbocycles. The summed E-state index contributed by atoms with van der Waals surface area (Å²) in [6.07, 6.45) is 10.1. The topological polar surface area (TPSA) is 36.3 Å². The molecule has 1 aliphatic rings. The first-order valence-electron chi connectivity index (χ1n) is 10.9. The van der Waals surface area contributed by atoms with Crippen molar-refractivity contribution in [3.63, 3.8) is 0 Å². The van der Waals surface area contributed by atoms with Gasteiger partial charge in [0, 0.05) is 19.2 Å². The van der Waals surface area contributed by atoms with Crippen molar-refractivity contribution in [2.24, 2.45) is 7.05 Å². The molecule has 0 N–H and O–H groups in total. The lowest BCUT2D eigenvalue weighted by molar-refractivity contribution is -0.136. The van der Waals surface area contributed by atoms with Gasteiger partial charge >= 0.3 is 0 Å². The maximum absolute atomic E-state index is 5.84. The fourth-order valence-electron chi connectivity index (χ4n) is 2.15. The van der Waals surface area contributed by atoms with Gasteiger partial charge < -0.3 is 9.47 Å². The molecule has 0 spiro atoms. The normalized spacial score (nSPS) is 15.6. The van der Waals surface area contributed by atoms with Crippen LogP contribution in [0.3, 0.4) is 0 Å². The summed E-state index contributed by atoms with van der Waals surface area (Å²) in [7, 11) is 1.93. The van der Waals surface area contributed by atoms with Crippen LogP contribution >= 0.6 is 15.9 Å². The van der Waals surface area contributed by atoms with Crippen LogP contribution in [-0.4, -0.2) is 22.7 Å². The molecular weight excluding hydrogens is 440 g/mol. The molecule has 172 valence electrons. The minimum absolute atomic E-state index is 0.125. The summed E-state index contributed by atoms with van der Waals surface area (Å²) in [6.45, 7) is 22.4. The first-order chi connectivity index (χ1) is 14.2. The third-order valence-corrected chi connectivity index (χ3v) is 3.58. The summed E-state index contributed by atoms with van der Waals surface area (Å²) in [6, 6.07) is 2.02. The molecule has 1 aromatic rings. The lowest BCUT2D eigenvalue weighted by Crippen LogP contribution is -2.21. The highest BCUT2D eigenvalue weighted by molar-refractivity contribution is 9.11. The van der Waals surface area contributed by atoms with Crippen molar-refractivity contribution >= 4 is 21.5 Å². The van der Waals surface area contributed by atoms with E-state index in [1.807, 2.05) is 70.6 Å². The summed E-state index contributed by atoms with van der Waals surface area (Å²) in [4.78, 5) is 0. The third kappa shape index (κ3) is 15.3. The fourth-order valence-corrected chi connectivity index (χ4v) is 2.15. The molecule has 2 heterocycles. The van der Waals surface area contributed by atoms with Crippen molar-refractivity contribution in [2.75, 3.05) is 6.61 Å². The molecule has 0 radical (unpaired) electrons. The Bertz CT molecular complexity index is 631. The molecule has 4 nitrogen and oxygen atoms in total. The number of rotatable bonds is 5. The molecular formula is C25H43BrN2O2. The Balaban J connectivity index is 0. The average molecular weight is 484 g/mol. The highest BCUT2D eigenvalue weighted by atomic mass is 79.9. The van der Waals surface area contributed by atoms with Crippen molar-refractivity contribution in [3.8, 4) is 0 Å². The Kier molecular flexibility index (Phi) is 19.8. The van der Waals surface area contributed by atoms with Crippen LogP contribution in [0.2, 0.25) is 0 Å². The van der Waals surface area contributed by atoms with E-state index in [9.17, 15) is 0 Å². The Labute approximate surface area is 193 Å². The quantitative estimate of drug-likeness (QED) is 0.314. The Hall–Kier alpha value is -1.59. The summed E-state index contributed by atoms with van der Waals surface area (Å²) in [5, 5.41) is 4.41. The van der Waals surface area contributed by atoms with Crippen LogP contribution < -0.4 is 0 Å². The van der Waals surface area contributed by atoms with Crippen LogP contribution in [-0.2, 0) is 16.5 Å². The molecule has 1 aliphatic heterocycles. The molecule has 1 unspecified atom stereocenters. The molecule has 5 heteroatoms. The lowest BCUT2D eigenvalue weighted by Gasteiger charge is -2.23. The second kappa shape index (κ2) is 19.4. The highest BCUT2D eigenvalue weighted by Gasteiger charge is 2.15. The smallest absolute Gasteiger partial charge is 0.199 e. The van der Waals surface area contributed by atoms with E-state index in [-0.39, 0.29) is 6.29 Å². The number of aromatic nitrogens is 2. The number of hydrogen-bond acceptors (Lipinski definition) is 3. The largest absolute Gasteiger partial charge is 0.465 e. The Morgan fingerprint density at radius 2 is 1.87 bits per heavy atom. The predicted octanol–water partition coefficient (Wildman–Crippen LogP) is 8.10. The first-order valence-corrected chi connectivity index (χ1v) is 11.7. The summed E-state index contributed by atoms with van der Waals surface area (Å²) < 4.78 is 14.3. The van der Waals surface area contributed by atoms with Crippen LogP contribution in [0.15, 0.2) is 47.7 Å². The van der Waals surface area contributed by atoms with Gasteiger partial charge in [-0.05, 0) is 68.0 Å². The van der Waals surface area contributed by atoms with E-state index in [0.29, 0.717) is 0 Å². The second-order valence-electron chi connectivity index (χ2n) is 6.64. The van der Waals surface area contributed by atoms with Gasteiger partial charge in [-0.3, -0.25) is 4.68 Å². The minimum atomic E-state index is -0.125. The average Bonchev–Trinajstić information content (AvgIpc) is 3.06. The number of allylic oxidation sites excluding steroid dienone is 5. The standard InChI is InChI=1S/C17H24N2O2.C3H5Br.C3H8.C2H6/c1-5-15(21-17-8-6-7-11-20-17)10-9-13(2)16-12-14(3)19(4)18-16;1-3(2)4;1-3-2;1-2/h5,9-10,12,17H,2,6-8,11H2,1,3-4H3;1H2,2H3;3H2,1-2H3;1-2H3/b10-9-,15-5+;;;. The van der Waals surface area contributed by atoms with Gasteiger partial charge in [0.1, 0.15) is 5.76 Å². The Morgan fingerprint density at radius 3 is 2.27 bits per heavy atom. The summed E-state index contributed by atoms with van der Waals surface area (Å²) in [5.74, 6) is 0.802. The minimum Gasteiger partial charge on any atom is -0.465 e. The van der Waals surface area contributed by atoms with Gasteiger partial charge in [-0.1, -0.05) is 63.2 Å². The van der Waals surface area contributed by atoms with Gasteiger partial charge in [0.25, 0.3) is 0 Å². The molecule has 2 rings (SSSR count). The van der Waals surface area contributed by atoms with Gasteiger partial charge in [0.05, 0.1) is 12.3 Å². The molecule has 0 aliphatic carbocycles. The number of nitrogens with zero attached hydrogens (tertiary/aromatic N) is 2. The number of halogens is 1. The van der Waals surface area contributed by atoms with Gasteiger partial charge in [-0.2, -0.15) is 5.10 Å². The zero-order chi connectivity index (χ0) is 23.5. The molecule has 1 aromatic heterocycles. The van der Waals surface area contributed by atoms with Crippen LogP contribution in [0.1, 0.15) is 78.6 Å². The van der Waals surface area contributed by atoms with E-state index in [2.05, 4.69) is 48.0 Å². The van der Waals surface area contributed by atoms with Gasteiger partial charge in [-0.25, -0.2) is 0 Å². The first kappa shape index (κ1) is 30.6. The van der Waals surface area contributed by atoms with Crippen molar-refractivity contribution in [1.82, 2.24) is 9.78 Å². The van der Waals surface area contributed by atoms with Gasteiger partial charge in [0.15, 0.2) is 6.29 Å². The van der Waals surface area contributed by atoms with Crippen molar-refractivity contribution < 1.29 is 9.47 Å². The van der Waals surface area contributed by atoms with E-state index in [0.717, 1.165) is 53.1 Å². The van der Waals surface area contributed by atoms with Crippen molar-refractivity contribution in [3.05, 3.63) is 59.1 Å². The number of hydrogen-bond donors (Lipinski definition) is 0.